The number of carbonyl (C=O) groups excluding carboxylic acids is 1. The van der Waals surface area contributed by atoms with Crippen LogP contribution in [0.3, 0.4) is 0 Å². The molecule has 9 heteroatoms. The van der Waals surface area contributed by atoms with Crippen molar-refractivity contribution in [3.8, 4) is 11.5 Å². The van der Waals surface area contributed by atoms with Gasteiger partial charge in [-0.3, -0.25) is 4.79 Å². The summed E-state index contributed by atoms with van der Waals surface area (Å²) in [5.74, 6) is 0.478. The van der Waals surface area contributed by atoms with E-state index in [9.17, 15) is 18.0 Å². The molecule has 0 saturated carbocycles. The van der Waals surface area contributed by atoms with Crippen molar-refractivity contribution in [2.45, 2.75) is 13.1 Å². The molecule has 1 amide bonds. The molecule has 0 radical (unpaired) electrons. The summed E-state index contributed by atoms with van der Waals surface area (Å²) in [5, 5.41) is 5.54. The van der Waals surface area contributed by atoms with Crippen LogP contribution in [-0.4, -0.2) is 25.7 Å². The average Bonchev–Trinajstić information content (AvgIpc) is 2.60. The minimum absolute atomic E-state index is 0.112. The third-order valence-corrected chi connectivity index (χ3v) is 4.21. The Balaban J connectivity index is 1.65. The van der Waals surface area contributed by atoms with Crippen LogP contribution >= 0.6 is 11.6 Å². The molecule has 1 heterocycles. The molecule has 0 atom stereocenters. The summed E-state index contributed by atoms with van der Waals surface area (Å²) >= 11 is 6.12. The number of hydrogen-bond acceptors (Lipinski definition) is 4. The number of carbonyl (C=O) groups is 1. The van der Waals surface area contributed by atoms with Gasteiger partial charge in [0.05, 0.1) is 22.8 Å². The van der Waals surface area contributed by atoms with Gasteiger partial charge < -0.3 is 20.1 Å². The zero-order chi connectivity index (χ0) is 19.6. The normalized spacial score (nSPS) is 13.2. The Kier molecular flexibility index (Phi) is 5.36. The summed E-state index contributed by atoms with van der Waals surface area (Å²) in [7, 11) is 0. The Bertz CT molecular complexity index is 872. The third kappa shape index (κ3) is 4.57. The Morgan fingerprint density at radius 3 is 2.48 bits per heavy atom. The first-order valence-corrected chi connectivity index (χ1v) is 8.42. The molecule has 0 unspecified atom stereocenters. The van der Waals surface area contributed by atoms with Crippen molar-refractivity contribution in [1.29, 1.82) is 0 Å². The fourth-order valence-electron chi connectivity index (χ4n) is 2.57. The highest BCUT2D eigenvalue weighted by molar-refractivity contribution is 6.34. The molecule has 0 aromatic heterocycles. The molecule has 0 aliphatic carbocycles. The van der Waals surface area contributed by atoms with Gasteiger partial charge in [-0.05, 0) is 24.6 Å². The highest BCUT2D eigenvalue weighted by Gasteiger charge is 2.32. The number of benzene rings is 2. The lowest BCUT2D eigenvalue weighted by atomic mass is 10.1. The fourth-order valence-corrected chi connectivity index (χ4v) is 2.77. The van der Waals surface area contributed by atoms with Crippen LogP contribution in [0, 0.1) is 6.92 Å². The second kappa shape index (κ2) is 7.56. The van der Waals surface area contributed by atoms with Crippen molar-refractivity contribution in [1.82, 2.24) is 0 Å². The summed E-state index contributed by atoms with van der Waals surface area (Å²) < 4.78 is 49.7. The maximum Gasteiger partial charge on any atom is 0.416 e. The Morgan fingerprint density at radius 1 is 1.15 bits per heavy atom. The molecule has 2 aromatic carbocycles. The van der Waals surface area contributed by atoms with E-state index < -0.39 is 17.6 Å². The average molecular weight is 401 g/mol. The molecule has 1 aliphatic heterocycles. The molecule has 0 spiro atoms. The molecule has 27 heavy (non-hydrogen) atoms. The summed E-state index contributed by atoms with van der Waals surface area (Å²) in [5.41, 5.74) is -0.118. The third-order valence-electron chi connectivity index (χ3n) is 3.90. The Morgan fingerprint density at radius 2 is 1.81 bits per heavy atom. The predicted octanol–water partition coefficient (Wildman–Crippen LogP) is 4.49. The number of ether oxygens (including phenoxy) is 2. The first kappa shape index (κ1) is 19.2. The molecule has 1 aliphatic rings. The number of nitrogens with one attached hydrogen (secondary N) is 2. The summed E-state index contributed by atoms with van der Waals surface area (Å²) in [6, 6.07) is 6.88. The van der Waals surface area contributed by atoms with Gasteiger partial charge in [0.2, 0.25) is 5.91 Å². The van der Waals surface area contributed by atoms with Gasteiger partial charge in [-0.25, -0.2) is 0 Å². The van der Waals surface area contributed by atoms with Crippen LogP contribution in [0.5, 0.6) is 11.5 Å². The second-order valence-electron chi connectivity index (χ2n) is 5.90. The topological polar surface area (TPSA) is 59.6 Å². The van der Waals surface area contributed by atoms with Gasteiger partial charge >= 0.3 is 6.18 Å². The van der Waals surface area contributed by atoms with Crippen molar-refractivity contribution in [2.24, 2.45) is 0 Å². The van der Waals surface area contributed by atoms with Crippen LogP contribution < -0.4 is 20.1 Å². The first-order valence-electron chi connectivity index (χ1n) is 8.05. The van der Waals surface area contributed by atoms with Gasteiger partial charge in [-0.1, -0.05) is 17.7 Å². The van der Waals surface area contributed by atoms with Crippen molar-refractivity contribution >= 4 is 28.9 Å². The first-order chi connectivity index (χ1) is 12.7. The monoisotopic (exact) mass is 400 g/mol. The molecule has 3 rings (SSSR count). The van der Waals surface area contributed by atoms with Gasteiger partial charge in [0.1, 0.15) is 13.2 Å². The number of aryl methyl sites for hydroxylation is 1. The number of anilines is 2. The van der Waals surface area contributed by atoms with Crippen LogP contribution in [-0.2, 0) is 11.0 Å². The lowest BCUT2D eigenvalue weighted by Crippen LogP contribution is -2.22. The number of halogens is 4. The largest absolute Gasteiger partial charge is 0.486 e. The fraction of sp³-hybridized carbons (Fsp3) is 0.278. The van der Waals surface area contributed by atoms with E-state index in [0.29, 0.717) is 30.4 Å². The Labute approximate surface area is 158 Å². The van der Waals surface area contributed by atoms with Crippen LogP contribution in [0.2, 0.25) is 5.02 Å². The van der Waals surface area contributed by atoms with Crippen molar-refractivity contribution in [3.05, 3.63) is 46.5 Å². The highest BCUT2D eigenvalue weighted by Crippen LogP contribution is 2.38. The van der Waals surface area contributed by atoms with Crippen molar-refractivity contribution in [2.75, 3.05) is 30.4 Å². The van der Waals surface area contributed by atoms with Crippen LogP contribution in [0.25, 0.3) is 0 Å². The lowest BCUT2D eigenvalue weighted by molar-refractivity contribution is -0.138. The minimum Gasteiger partial charge on any atom is -0.486 e. The highest BCUT2D eigenvalue weighted by atomic mass is 35.5. The van der Waals surface area contributed by atoms with Gasteiger partial charge in [-0.2, -0.15) is 13.2 Å². The van der Waals surface area contributed by atoms with Crippen LogP contribution in [0.15, 0.2) is 30.3 Å². The van der Waals surface area contributed by atoms with E-state index in [2.05, 4.69) is 10.6 Å². The molecule has 2 aromatic rings. The number of amides is 1. The zero-order valence-electron chi connectivity index (χ0n) is 14.2. The van der Waals surface area contributed by atoms with E-state index in [4.69, 9.17) is 21.1 Å². The van der Waals surface area contributed by atoms with Crippen LogP contribution in [0.4, 0.5) is 24.5 Å². The van der Waals surface area contributed by atoms with Gasteiger partial charge in [-0.15, -0.1) is 0 Å². The van der Waals surface area contributed by atoms with E-state index in [1.165, 1.54) is 25.1 Å². The van der Waals surface area contributed by atoms with Crippen molar-refractivity contribution < 1.29 is 27.4 Å². The Hall–Kier alpha value is -2.61. The molecule has 0 bridgehead atoms. The molecular weight excluding hydrogens is 385 g/mol. The number of rotatable bonds is 4. The van der Waals surface area contributed by atoms with E-state index in [1.54, 1.807) is 6.07 Å². The predicted molar refractivity (Wildman–Crippen MR) is 95.7 cm³/mol. The quantitative estimate of drug-likeness (QED) is 0.794. The lowest BCUT2D eigenvalue weighted by Gasteiger charge is -2.20. The van der Waals surface area contributed by atoms with Crippen LogP contribution in [0.1, 0.15) is 11.1 Å². The SMILES string of the molecule is Cc1ccc(NCC(=O)Nc2cc3c(cc2Cl)OCCO3)cc1C(F)(F)F. The van der Waals surface area contributed by atoms with Gasteiger partial charge in [0, 0.05) is 17.8 Å². The molecular formula is C18H16ClF3N2O3. The minimum atomic E-state index is -4.46. The molecule has 144 valence electrons. The molecule has 2 N–H and O–H groups in total. The van der Waals surface area contributed by atoms with Crippen molar-refractivity contribution in [3.63, 3.8) is 0 Å². The van der Waals surface area contributed by atoms with Gasteiger partial charge in [0.25, 0.3) is 0 Å². The maximum atomic E-state index is 13.0. The van der Waals surface area contributed by atoms with Gasteiger partial charge in [0.15, 0.2) is 11.5 Å². The molecule has 0 fully saturated rings. The number of hydrogen-bond donors (Lipinski definition) is 2. The van der Waals surface area contributed by atoms with E-state index in [-0.39, 0.29) is 22.8 Å². The summed E-state index contributed by atoms with van der Waals surface area (Å²) in [6.45, 7) is 1.95. The van der Waals surface area contributed by atoms with E-state index in [0.717, 1.165) is 6.07 Å². The standard InChI is InChI=1S/C18H16ClF3N2O3/c1-10-2-3-11(6-12(10)18(20,21)22)23-9-17(25)24-14-8-16-15(7-13(14)19)26-4-5-27-16/h2-3,6-8,23H,4-5,9H2,1H3,(H,24,25). The number of alkyl halides is 3. The summed E-state index contributed by atoms with van der Waals surface area (Å²) in [6.07, 6.45) is -4.46. The summed E-state index contributed by atoms with van der Waals surface area (Å²) in [4.78, 5) is 12.1. The zero-order valence-corrected chi connectivity index (χ0v) is 15.0. The van der Waals surface area contributed by atoms with E-state index >= 15 is 0 Å². The second-order valence-corrected chi connectivity index (χ2v) is 6.31. The molecule has 5 nitrogen and oxygen atoms in total. The molecule has 0 saturated heterocycles. The van der Waals surface area contributed by atoms with E-state index in [1.807, 2.05) is 0 Å². The number of fused-ring (bicyclic) bond motifs is 1. The smallest absolute Gasteiger partial charge is 0.416 e. The maximum absolute atomic E-state index is 13.0.